The minimum atomic E-state index is 0.722. The van der Waals surface area contributed by atoms with Crippen molar-refractivity contribution in [2.75, 3.05) is 11.9 Å². The average molecular weight is 244 g/mol. The van der Waals surface area contributed by atoms with E-state index in [-0.39, 0.29) is 0 Å². The molecule has 2 aromatic rings. The molecule has 2 aromatic heterocycles. The van der Waals surface area contributed by atoms with Gasteiger partial charge < -0.3 is 5.32 Å². The summed E-state index contributed by atoms with van der Waals surface area (Å²) in [7, 11) is 0. The lowest BCUT2D eigenvalue weighted by atomic mass is 10.2. The van der Waals surface area contributed by atoms with E-state index in [4.69, 9.17) is 0 Å². The molecule has 0 bridgehead atoms. The van der Waals surface area contributed by atoms with E-state index in [1.54, 1.807) is 0 Å². The molecule has 0 aliphatic carbocycles. The molecule has 0 saturated heterocycles. The summed E-state index contributed by atoms with van der Waals surface area (Å²) in [5, 5.41) is 7.83. The Morgan fingerprint density at radius 2 is 2.06 bits per heavy atom. The molecule has 4 heteroatoms. The molecule has 1 N–H and O–H groups in total. The van der Waals surface area contributed by atoms with E-state index in [9.17, 15) is 0 Å². The SMILES string of the molecule is CCNc1ccnc(Cn2nc(C)c(C)c2C)c1. The first-order chi connectivity index (χ1) is 8.61. The van der Waals surface area contributed by atoms with Gasteiger partial charge in [0.2, 0.25) is 0 Å². The van der Waals surface area contributed by atoms with Gasteiger partial charge in [0, 0.05) is 24.1 Å². The second kappa shape index (κ2) is 5.21. The number of hydrogen-bond donors (Lipinski definition) is 1. The lowest BCUT2D eigenvalue weighted by Gasteiger charge is -2.07. The molecule has 4 nitrogen and oxygen atoms in total. The molecule has 0 aromatic carbocycles. The van der Waals surface area contributed by atoms with Crippen LogP contribution in [-0.2, 0) is 6.54 Å². The summed E-state index contributed by atoms with van der Waals surface area (Å²) < 4.78 is 2.02. The molecule has 2 heterocycles. The van der Waals surface area contributed by atoms with Crippen molar-refractivity contribution in [1.82, 2.24) is 14.8 Å². The summed E-state index contributed by atoms with van der Waals surface area (Å²) >= 11 is 0. The molecule has 0 spiro atoms. The van der Waals surface area contributed by atoms with Gasteiger partial charge in [-0.25, -0.2) is 0 Å². The van der Waals surface area contributed by atoms with Gasteiger partial charge in [-0.1, -0.05) is 0 Å². The van der Waals surface area contributed by atoms with E-state index >= 15 is 0 Å². The smallest absolute Gasteiger partial charge is 0.0835 e. The van der Waals surface area contributed by atoms with Crippen LogP contribution in [0.4, 0.5) is 5.69 Å². The maximum Gasteiger partial charge on any atom is 0.0835 e. The predicted molar refractivity (Wildman–Crippen MR) is 73.9 cm³/mol. The van der Waals surface area contributed by atoms with Crippen LogP contribution in [0.1, 0.15) is 29.6 Å². The van der Waals surface area contributed by atoms with Gasteiger partial charge in [-0.3, -0.25) is 9.67 Å². The van der Waals surface area contributed by atoms with Crippen LogP contribution in [0.5, 0.6) is 0 Å². The van der Waals surface area contributed by atoms with Gasteiger partial charge in [-0.15, -0.1) is 0 Å². The highest BCUT2D eigenvalue weighted by Gasteiger charge is 2.08. The summed E-state index contributed by atoms with van der Waals surface area (Å²) in [4.78, 5) is 4.40. The predicted octanol–water partition coefficient (Wildman–Crippen LogP) is 2.68. The Kier molecular flexibility index (Phi) is 3.65. The van der Waals surface area contributed by atoms with Gasteiger partial charge in [0.05, 0.1) is 17.9 Å². The fourth-order valence-corrected chi connectivity index (χ4v) is 1.97. The zero-order valence-corrected chi connectivity index (χ0v) is 11.5. The third kappa shape index (κ3) is 2.53. The second-order valence-corrected chi connectivity index (χ2v) is 4.52. The van der Waals surface area contributed by atoms with Crippen LogP contribution < -0.4 is 5.32 Å². The van der Waals surface area contributed by atoms with Crippen molar-refractivity contribution in [2.45, 2.75) is 34.2 Å². The Labute approximate surface area is 108 Å². The molecule has 18 heavy (non-hydrogen) atoms. The number of aryl methyl sites for hydroxylation is 1. The van der Waals surface area contributed by atoms with Gasteiger partial charge in [-0.2, -0.15) is 5.10 Å². The first-order valence-electron chi connectivity index (χ1n) is 6.31. The Bertz CT molecular complexity index is 543. The normalized spacial score (nSPS) is 10.7. The summed E-state index contributed by atoms with van der Waals surface area (Å²) in [6.45, 7) is 9.98. The maximum absolute atomic E-state index is 4.54. The molecule has 2 rings (SSSR count). The first-order valence-corrected chi connectivity index (χ1v) is 6.31. The van der Waals surface area contributed by atoms with Crippen LogP contribution in [0.2, 0.25) is 0 Å². The van der Waals surface area contributed by atoms with Crippen molar-refractivity contribution in [1.29, 1.82) is 0 Å². The zero-order chi connectivity index (χ0) is 13.1. The minimum Gasteiger partial charge on any atom is -0.385 e. The van der Waals surface area contributed by atoms with Crippen molar-refractivity contribution in [3.63, 3.8) is 0 Å². The standard InChI is InChI=1S/C14H20N4/c1-5-15-13-6-7-16-14(8-13)9-18-12(4)10(2)11(3)17-18/h6-8H,5,9H2,1-4H3,(H,15,16). The van der Waals surface area contributed by atoms with Gasteiger partial charge in [-0.05, 0) is 45.4 Å². The molecule has 0 radical (unpaired) electrons. The van der Waals surface area contributed by atoms with Gasteiger partial charge >= 0.3 is 0 Å². The first kappa shape index (κ1) is 12.6. The largest absolute Gasteiger partial charge is 0.385 e. The van der Waals surface area contributed by atoms with Crippen molar-refractivity contribution >= 4 is 5.69 Å². The third-order valence-electron chi connectivity index (χ3n) is 3.25. The molecule has 0 unspecified atom stereocenters. The van der Waals surface area contributed by atoms with Crippen molar-refractivity contribution in [3.8, 4) is 0 Å². The molecule has 96 valence electrons. The minimum absolute atomic E-state index is 0.722. The topological polar surface area (TPSA) is 42.7 Å². The van der Waals surface area contributed by atoms with Crippen LogP contribution in [0, 0.1) is 20.8 Å². The molecular weight excluding hydrogens is 224 g/mol. The average Bonchev–Trinajstić information content (AvgIpc) is 2.58. The Hall–Kier alpha value is -1.84. The van der Waals surface area contributed by atoms with Crippen LogP contribution in [0.15, 0.2) is 18.3 Å². The molecule has 0 saturated carbocycles. The molecule has 0 fully saturated rings. The number of nitrogens with one attached hydrogen (secondary N) is 1. The van der Waals surface area contributed by atoms with Crippen molar-refractivity contribution < 1.29 is 0 Å². The van der Waals surface area contributed by atoms with E-state index in [1.165, 1.54) is 11.3 Å². The van der Waals surface area contributed by atoms with E-state index < -0.39 is 0 Å². The number of pyridine rings is 1. The fourth-order valence-electron chi connectivity index (χ4n) is 1.97. The quantitative estimate of drug-likeness (QED) is 0.899. The lowest BCUT2D eigenvalue weighted by molar-refractivity contribution is 0.646. The Morgan fingerprint density at radius 3 is 2.67 bits per heavy atom. The fraction of sp³-hybridized carbons (Fsp3) is 0.429. The Balaban J connectivity index is 2.23. The zero-order valence-electron chi connectivity index (χ0n) is 11.5. The van der Waals surface area contributed by atoms with E-state index in [2.05, 4.69) is 42.2 Å². The number of aromatic nitrogens is 3. The number of hydrogen-bond acceptors (Lipinski definition) is 3. The van der Waals surface area contributed by atoms with Crippen LogP contribution in [-0.4, -0.2) is 21.3 Å². The number of anilines is 1. The van der Waals surface area contributed by atoms with E-state index in [0.29, 0.717) is 0 Å². The van der Waals surface area contributed by atoms with Crippen molar-refractivity contribution in [3.05, 3.63) is 41.0 Å². The van der Waals surface area contributed by atoms with E-state index in [1.807, 2.05) is 23.9 Å². The highest BCUT2D eigenvalue weighted by atomic mass is 15.3. The summed E-state index contributed by atoms with van der Waals surface area (Å²) in [5.41, 5.74) is 5.70. The van der Waals surface area contributed by atoms with Crippen LogP contribution in [0.3, 0.4) is 0 Å². The van der Waals surface area contributed by atoms with Gasteiger partial charge in [0.1, 0.15) is 0 Å². The van der Waals surface area contributed by atoms with Crippen molar-refractivity contribution in [2.24, 2.45) is 0 Å². The highest BCUT2D eigenvalue weighted by Crippen LogP contribution is 2.14. The number of nitrogens with zero attached hydrogens (tertiary/aromatic N) is 3. The van der Waals surface area contributed by atoms with Gasteiger partial charge in [0.15, 0.2) is 0 Å². The summed E-state index contributed by atoms with van der Waals surface area (Å²) in [6, 6.07) is 4.06. The molecule has 0 aliphatic heterocycles. The second-order valence-electron chi connectivity index (χ2n) is 4.52. The molecular formula is C14H20N4. The van der Waals surface area contributed by atoms with Gasteiger partial charge in [0.25, 0.3) is 0 Å². The lowest BCUT2D eigenvalue weighted by Crippen LogP contribution is -2.06. The molecule has 0 amide bonds. The third-order valence-corrected chi connectivity index (χ3v) is 3.25. The monoisotopic (exact) mass is 244 g/mol. The summed E-state index contributed by atoms with van der Waals surface area (Å²) in [5.74, 6) is 0. The number of rotatable bonds is 4. The van der Waals surface area contributed by atoms with Crippen LogP contribution in [0.25, 0.3) is 0 Å². The Morgan fingerprint density at radius 1 is 1.28 bits per heavy atom. The van der Waals surface area contributed by atoms with E-state index in [0.717, 1.165) is 30.2 Å². The highest BCUT2D eigenvalue weighted by molar-refractivity contribution is 5.43. The maximum atomic E-state index is 4.54. The molecule has 0 aliphatic rings. The summed E-state index contributed by atoms with van der Waals surface area (Å²) in [6.07, 6.45) is 1.84. The molecule has 0 atom stereocenters. The van der Waals surface area contributed by atoms with Crippen LogP contribution >= 0.6 is 0 Å².